The molecule has 0 atom stereocenters. The maximum Gasteiger partial charge on any atom is 0.255 e. The van der Waals surface area contributed by atoms with Crippen LogP contribution in [-0.2, 0) is 10.0 Å². The van der Waals surface area contributed by atoms with Gasteiger partial charge in [-0.15, -0.1) is 0 Å². The average molecular weight is 360 g/mol. The molecular weight excluding hydrogens is 349 g/mol. The van der Waals surface area contributed by atoms with Crippen molar-refractivity contribution in [2.24, 2.45) is 5.84 Å². The van der Waals surface area contributed by atoms with E-state index in [2.05, 4.69) is 5.32 Å². The molecule has 2 aromatic carbocycles. The standard InChI is InChI=1S/C13H11Cl2N3O3S/c14-11-6-1-8(7-12(11)15)13(19)17-9-2-4-10(5-3-9)22(20,21)18-16/h1-7,18H,16H2,(H,17,19). The second kappa shape index (κ2) is 6.64. The fourth-order valence-corrected chi connectivity index (χ4v) is 2.55. The molecule has 9 heteroatoms. The number of anilines is 1. The van der Waals surface area contributed by atoms with Crippen LogP contribution in [0.4, 0.5) is 5.69 Å². The molecule has 0 radical (unpaired) electrons. The molecule has 0 saturated carbocycles. The zero-order valence-electron chi connectivity index (χ0n) is 11.0. The molecule has 0 unspecified atom stereocenters. The van der Waals surface area contributed by atoms with E-state index in [0.29, 0.717) is 16.3 Å². The van der Waals surface area contributed by atoms with Gasteiger partial charge in [-0.2, -0.15) is 4.83 Å². The highest BCUT2D eigenvalue weighted by Gasteiger charge is 2.12. The SMILES string of the molecule is NNS(=O)(=O)c1ccc(NC(=O)c2ccc(Cl)c(Cl)c2)cc1. The number of amides is 1. The minimum Gasteiger partial charge on any atom is -0.322 e. The monoisotopic (exact) mass is 359 g/mol. The van der Waals surface area contributed by atoms with Crippen molar-refractivity contribution in [1.29, 1.82) is 0 Å². The maximum atomic E-state index is 12.1. The van der Waals surface area contributed by atoms with Gasteiger partial charge in [0.15, 0.2) is 0 Å². The van der Waals surface area contributed by atoms with Crippen molar-refractivity contribution < 1.29 is 13.2 Å². The molecule has 0 aliphatic heterocycles. The van der Waals surface area contributed by atoms with Crippen LogP contribution in [0.5, 0.6) is 0 Å². The van der Waals surface area contributed by atoms with Crippen LogP contribution in [0.1, 0.15) is 10.4 Å². The third-order valence-corrected chi connectivity index (χ3v) is 4.70. The van der Waals surface area contributed by atoms with Gasteiger partial charge < -0.3 is 5.32 Å². The first-order valence-electron chi connectivity index (χ1n) is 5.92. The van der Waals surface area contributed by atoms with Crippen molar-refractivity contribution >= 4 is 44.8 Å². The molecule has 0 heterocycles. The predicted molar refractivity (Wildman–Crippen MR) is 85.4 cm³/mol. The summed E-state index contributed by atoms with van der Waals surface area (Å²) in [6, 6.07) is 10.0. The zero-order chi connectivity index (χ0) is 16.3. The number of benzene rings is 2. The highest BCUT2D eigenvalue weighted by molar-refractivity contribution is 7.89. The van der Waals surface area contributed by atoms with Crippen molar-refractivity contribution in [2.75, 3.05) is 5.32 Å². The fraction of sp³-hybridized carbons (Fsp3) is 0. The number of carbonyl (C=O) groups excluding carboxylic acids is 1. The third-order valence-electron chi connectivity index (χ3n) is 2.76. The van der Waals surface area contributed by atoms with E-state index in [1.807, 2.05) is 0 Å². The smallest absolute Gasteiger partial charge is 0.255 e. The molecule has 0 bridgehead atoms. The van der Waals surface area contributed by atoms with Gasteiger partial charge in [-0.25, -0.2) is 8.42 Å². The van der Waals surface area contributed by atoms with Crippen LogP contribution in [0.25, 0.3) is 0 Å². The minimum atomic E-state index is -3.72. The summed E-state index contributed by atoms with van der Waals surface area (Å²) in [5.41, 5.74) is 0.752. The van der Waals surface area contributed by atoms with Crippen molar-refractivity contribution in [2.45, 2.75) is 4.90 Å². The molecule has 6 nitrogen and oxygen atoms in total. The van der Waals surface area contributed by atoms with Crippen molar-refractivity contribution in [3.63, 3.8) is 0 Å². The van der Waals surface area contributed by atoms with Gasteiger partial charge in [-0.1, -0.05) is 23.2 Å². The highest BCUT2D eigenvalue weighted by atomic mass is 35.5. The van der Waals surface area contributed by atoms with Crippen molar-refractivity contribution in [1.82, 2.24) is 4.83 Å². The van der Waals surface area contributed by atoms with Crippen LogP contribution in [0.2, 0.25) is 10.0 Å². The quantitative estimate of drug-likeness (QED) is 0.576. The summed E-state index contributed by atoms with van der Waals surface area (Å²) in [6.45, 7) is 0. The van der Waals surface area contributed by atoms with E-state index in [1.54, 1.807) is 4.83 Å². The Hall–Kier alpha value is -1.64. The first-order chi connectivity index (χ1) is 10.3. The summed E-state index contributed by atoms with van der Waals surface area (Å²) >= 11 is 11.6. The predicted octanol–water partition coefficient (Wildman–Crippen LogP) is 2.40. The Labute approximate surface area is 137 Å². The van der Waals surface area contributed by atoms with E-state index in [-0.39, 0.29) is 9.92 Å². The number of nitrogens with one attached hydrogen (secondary N) is 2. The largest absolute Gasteiger partial charge is 0.322 e. The number of carbonyl (C=O) groups is 1. The number of hydrogen-bond acceptors (Lipinski definition) is 4. The molecule has 4 N–H and O–H groups in total. The van der Waals surface area contributed by atoms with Gasteiger partial charge in [0.2, 0.25) is 0 Å². The van der Waals surface area contributed by atoms with Gasteiger partial charge in [0.05, 0.1) is 14.9 Å². The Morgan fingerprint density at radius 3 is 2.18 bits per heavy atom. The van der Waals surface area contributed by atoms with Crippen molar-refractivity contribution in [3.05, 3.63) is 58.1 Å². The van der Waals surface area contributed by atoms with Crippen LogP contribution in [0.15, 0.2) is 47.4 Å². The third kappa shape index (κ3) is 3.76. The Kier molecular flexibility index (Phi) is 5.05. The molecule has 2 aromatic rings. The van der Waals surface area contributed by atoms with Gasteiger partial charge in [-0.05, 0) is 42.5 Å². The molecular formula is C13H11Cl2N3O3S. The Morgan fingerprint density at radius 1 is 1.00 bits per heavy atom. The number of hydrogen-bond donors (Lipinski definition) is 3. The lowest BCUT2D eigenvalue weighted by atomic mass is 10.2. The van der Waals surface area contributed by atoms with Gasteiger partial charge in [0.25, 0.3) is 15.9 Å². The fourth-order valence-electron chi connectivity index (χ4n) is 1.63. The summed E-state index contributed by atoms with van der Waals surface area (Å²) in [7, 11) is -3.72. The molecule has 0 fully saturated rings. The second-order valence-electron chi connectivity index (χ2n) is 4.23. The van der Waals surface area contributed by atoms with Crippen LogP contribution < -0.4 is 16.0 Å². The average Bonchev–Trinajstić information content (AvgIpc) is 2.50. The van der Waals surface area contributed by atoms with Gasteiger partial charge in [0.1, 0.15) is 0 Å². The molecule has 0 aromatic heterocycles. The van der Waals surface area contributed by atoms with Crippen molar-refractivity contribution in [3.8, 4) is 0 Å². The van der Waals surface area contributed by atoms with E-state index in [0.717, 1.165) is 0 Å². The zero-order valence-corrected chi connectivity index (χ0v) is 13.3. The summed E-state index contributed by atoms with van der Waals surface area (Å²) < 4.78 is 22.9. The van der Waals surface area contributed by atoms with Gasteiger partial charge in [0, 0.05) is 11.3 Å². The molecule has 0 saturated heterocycles. The molecule has 0 aliphatic carbocycles. The normalized spacial score (nSPS) is 11.2. The van der Waals surface area contributed by atoms with Gasteiger partial charge >= 0.3 is 0 Å². The lowest BCUT2D eigenvalue weighted by molar-refractivity contribution is 0.102. The lowest BCUT2D eigenvalue weighted by Crippen LogP contribution is -2.30. The summed E-state index contributed by atoms with van der Waals surface area (Å²) in [4.78, 5) is 13.8. The summed E-state index contributed by atoms with van der Waals surface area (Å²) in [5.74, 6) is 4.53. The molecule has 0 aliphatic rings. The van der Waals surface area contributed by atoms with E-state index in [1.165, 1.54) is 42.5 Å². The molecule has 116 valence electrons. The first kappa shape index (κ1) is 16.7. The number of halogens is 2. The topological polar surface area (TPSA) is 101 Å². The Bertz CT molecular complexity index is 808. The number of rotatable bonds is 4. The summed E-state index contributed by atoms with van der Waals surface area (Å²) in [6.07, 6.45) is 0. The Balaban J connectivity index is 2.17. The second-order valence-corrected chi connectivity index (χ2v) is 6.76. The minimum absolute atomic E-state index is 0.0115. The van der Waals surface area contributed by atoms with Gasteiger partial charge in [-0.3, -0.25) is 10.6 Å². The van der Waals surface area contributed by atoms with Crippen LogP contribution in [0, 0.1) is 0 Å². The van der Waals surface area contributed by atoms with E-state index >= 15 is 0 Å². The van der Waals surface area contributed by atoms with E-state index in [4.69, 9.17) is 29.0 Å². The molecule has 1 amide bonds. The van der Waals surface area contributed by atoms with E-state index < -0.39 is 15.9 Å². The van der Waals surface area contributed by atoms with Crippen LogP contribution in [0.3, 0.4) is 0 Å². The number of nitrogens with two attached hydrogens (primary N) is 1. The first-order valence-corrected chi connectivity index (χ1v) is 8.16. The van der Waals surface area contributed by atoms with Crippen LogP contribution >= 0.6 is 23.2 Å². The molecule has 22 heavy (non-hydrogen) atoms. The lowest BCUT2D eigenvalue weighted by Gasteiger charge is -2.07. The maximum absolute atomic E-state index is 12.1. The molecule has 0 spiro atoms. The number of sulfonamides is 1. The molecule has 2 rings (SSSR count). The Morgan fingerprint density at radius 2 is 1.64 bits per heavy atom. The van der Waals surface area contributed by atoms with Crippen LogP contribution in [-0.4, -0.2) is 14.3 Å². The summed E-state index contributed by atoms with van der Waals surface area (Å²) in [5, 5.41) is 3.23. The number of hydrazine groups is 1. The highest BCUT2D eigenvalue weighted by Crippen LogP contribution is 2.23. The van der Waals surface area contributed by atoms with E-state index in [9.17, 15) is 13.2 Å².